The van der Waals surface area contributed by atoms with Gasteiger partial charge in [0.15, 0.2) is 5.65 Å². The molecule has 0 amide bonds. The van der Waals surface area contributed by atoms with Crippen molar-refractivity contribution >= 4 is 17.2 Å². The average molecular weight is 295 g/mol. The molecule has 2 aromatic heterocycles. The highest BCUT2D eigenvalue weighted by atomic mass is 15.3. The van der Waals surface area contributed by atoms with Crippen LogP contribution in [-0.2, 0) is 0 Å². The van der Waals surface area contributed by atoms with Crippen LogP contribution in [0.1, 0.15) is 13.3 Å². The summed E-state index contributed by atoms with van der Waals surface area (Å²) >= 11 is 0. The summed E-state index contributed by atoms with van der Waals surface area (Å²) < 4.78 is 1.89. The van der Waals surface area contributed by atoms with Crippen LogP contribution in [0.25, 0.3) is 16.9 Å². The summed E-state index contributed by atoms with van der Waals surface area (Å²) in [6.45, 7) is 3.06. The third kappa shape index (κ3) is 2.74. The van der Waals surface area contributed by atoms with E-state index in [0.717, 1.165) is 35.7 Å². The predicted molar refractivity (Wildman–Crippen MR) is 91.5 cm³/mol. The normalized spacial score (nSPS) is 10.9. The van der Waals surface area contributed by atoms with Gasteiger partial charge in [0.2, 0.25) is 0 Å². The molecule has 0 spiro atoms. The first-order chi connectivity index (χ1) is 10.7. The van der Waals surface area contributed by atoms with Gasteiger partial charge in [0.05, 0.1) is 11.9 Å². The number of benzene rings is 1. The van der Waals surface area contributed by atoms with Crippen molar-refractivity contribution in [2.75, 3.05) is 30.9 Å². The zero-order valence-electron chi connectivity index (χ0n) is 13.2. The fourth-order valence-electron chi connectivity index (χ4n) is 2.35. The maximum atomic E-state index is 4.64. The second-order valence-corrected chi connectivity index (χ2v) is 5.50. The highest BCUT2D eigenvalue weighted by Crippen LogP contribution is 2.23. The van der Waals surface area contributed by atoms with Crippen molar-refractivity contribution in [3.05, 3.63) is 42.6 Å². The Labute approximate surface area is 130 Å². The first-order valence-electron chi connectivity index (χ1n) is 7.55. The lowest BCUT2D eigenvalue weighted by Gasteiger charge is -2.12. The molecule has 0 unspecified atom stereocenters. The van der Waals surface area contributed by atoms with Gasteiger partial charge in [0, 0.05) is 31.9 Å². The van der Waals surface area contributed by atoms with Crippen LogP contribution in [0.3, 0.4) is 0 Å². The smallest absolute Gasteiger partial charge is 0.154 e. The molecule has 0 atom stereocenters. The Hall–Kier alpha value is -2.56. The monoisotopic (exact) mass is 295 g/mol. The molecule has 22 heavy (non-hydrogen) atoms. The lowest BCUT2D eigenvalue weighted by atomic mass is 10.1. The average Bonchev–Trinajstić information content (AvgIpc) is 2.96. The highest BCUT2D eigenvalue weighted by Gasteiger charge is 2.08. The van der Waals surface area contributed by atoms with Crippen LogP contribution in [0.5, 0.6) is 0 Å². The third-order valence-electron chi connectivity index (χ3n) is 3.60. The molecule has 0 fully saturated rings. The molecule has 5 nitrogen and oxygen atoms in total. The van der Waals surface area contributed by atoms with Crippen molar-refractivity contribution in [2.24, 2.45) is 0 Å². The van der Waals surface area contributed by atoms with E-state index in [4.69, 9.17) is 0 Å². The van der Waals surface area contributed by atoms with Gasteiger partial charge < -0.3 is 10.2 Å². The number of nitrogens with zero attached hydrogens (tertiary/aromatic N) is 4. The number of rotatable bonds is 5. The van der Waals surface area contributed by atoms with Gasteiger partial charge in [-0.2, -0.15) is 0 Å². The Morgan fingerprint density at radius 2 is 1.86 bits per heavy atom. The number of nitrogens with one attached hydrogen (secondary N) is 1. The molecule has 0 radical (unpaired) electrons. The quantitative estimate of drug-likeness (QED) is 0.784. The van der Waals surface area contributed by atoms with E-state index >= 15 is 0 Å². The van der Waals surface area contributed by atoms with Gasteiger partial charge in [-0.05, 0) is 30.7 Å². The van der Waals surface area contributed by atoms with Crippen LogP contribution < -0.4 is 10.2 Å². The second-order valence-electron chi connectivity index (χ2n) is 5.50. The van der Waals surface area contributed by atoms with Crippen molar-refractivity contribution < 1.29 is 0 Å². The highest BCUT2D eigenvalue weighted by molar-refractivity contribution is 5.66. The van der Waals surface area contributed by atoms with Crippen LogP contribution in [0, 0.1) is 0 Å². The lowest BCUT2D eigenvalue weighted by Crippen LogP contribution is -2.08. The van der Waals surface area contributed by atoms with Gasteiger partial charge in [-0.1, -0.05) is 19.1 Å². The van der Waals surface area contributed by atoms with Crippen LogP contribution in [0.15, 0.2) is 42.6 Å². The first kappa shape index (κ1) is 14.4. The second kappa shape index (κ2) is 6.05. The van der Waals surface area contributed by atoms with E-state index in [2.05, 4.69) is 51.5 Å². The molecule has 0 aliphatic rings. The summed E-state index contributed by atoms with van der Waals surface area (Å²) in [5.41, 5.74) is 4.14. The first-order valence-corrected chi connectivity index (χ1v) is 7.55. The molecular weight excluding hydrogens is 274 g/mol. The SMILES string of the molecule is CCCNc1ccc2ncc(-c3ccc(N(C)C)cc3)n2n1. The van der Waals surface area contributed by atoms with E-state index in [0.29, 0.717) is 0 Å². The fourth-order valence-corrected chi connectivity index (χ4v) is 2.35. The Kier molecular flexibility index (Phi) is 3.96. The van der Waals surface area contributed by atoms with Crippen molar-refractivity contribution in [1.29, 1.82) is 0 Å². The van der Waals surface area contributed by atoms with Crippen molar-refractivity contribution in [1.82, 2.24) is 14.6 Å². The minimum absolute atomic E-state index is 0.855. The largest absolute Gasteiger partial charge is 0.378 e. The van der Waals surface area contributed by atoms with Crippen molar-refractivity contribution in [3.8, 4) is 11.3 Å². The van der Waals surface area contributed by atoms with Gasteiger partial charge in [-0.15, -0.1) is 5.10 Å². The minimum Gasteiger partial charge on any atom is -0.378 e. The standard InChI is InChI=1S/C17H21N5/c1-4-11-18-16-9-10-17-19-12-15(22(17)20-16)13-5-7-14(8-6-13)21(2)3/h5-10,12H,4,11H2,1-3H3,(H,18,20). The fraction of sp³-hybridized carbons (Fsp3) is 0.294. The molecule has 3 rings (SSSR count). The van der Waals surface area contributed by atoms with E-state index in [-0.39, 0.29) is 0 Å². The summed E-state index contributed by atoms with van der Waals surface area (Å²) in [4.78, 5) is 6.52. The topological polar surface area (TPSA) is 45.5 Å². The lowest BCUT2D eigenvalue weighted by molar-refractivity contribution is 0.910. The number of imidazole rings is 1. The molecule has 0 aliphatic heterocycles. The minimum atomic E-state index is 0.855. The van der Waals surface area contributed by atoms with E-state index in [9.17, 15) is 0 Å². The Bertz CT molecular complexity index is 758. The molecule has 2 heterocycles. The molecule has 0 bridgehead atoms. The molecule has 0 saturated carbocycles. The van der Waals surface area contributed by atoms with E-state index < -0.39 is 0 Å². The van der Waals surface area contributed by atoms with E-state index in [1.165, 1.54) is 5.69 Å². The predicted octanol–water partition coefficient (Wildman–Crippen LogP) is 3.28. The Balaban J connectivity index is 1.98. The van der Waals surface area contributed by atoms with Crippen LogP contribution in [-0.4, -0.2) is 35.2 Å². The molecule has 114 valence electrons. The summed E-state index contributed by atoms with van der Waals surface area (Å²) in [7, 11) is 4.08. The number of aromatic nitrogens is 3. The van der Waals surface area contributed by atoms with E-state index in [1.807, 2.05) is 36.9 Å². The van der Waals surface area contributed by atoms with Crippen molar-refractivity contribution in [2.45, 2.75) is 13.3 Å². The number of anilines is 2. The third-order valence-corrected chi connectivity index (χ3v) is 3.60. The van der Waals surface area contributed by atoms with E-state index in [1.54, 1.807) is 0 Å². The Morgan fingerprint density at radius 3 is 2.55 bits per heavy atom. The summed E-state index contributed by atoms with van der Waals surface area (Å²) in [5, 5.41) is 7.95. The summed E-state index contributed by atoms with van der Waals surface area (Å²) in [5.74, 6) is 0.874. The van der Waals surface area contributed by atoms with Gasteiger partial charge in [0.1, 0.15) is 5.82 Å². The zero-order chi connectivity index (χ0) is 15.5. The molecule has 0 aliphatic carbocycles. The molecule has 5 heteroatoms. The molecule has 1 N–H and O–H groups in total. The van der Waals surface area contributed by atoms with Crippen LogP contribution >= 0.6 is 0 Å². The molecule has 3 aromatic rings. The zero-order valence-corrected chi connectivity index (χ0v) is 13.2. The number of hydrogen-bond acceptors (Lipinski definition) is 4. The molecule has 0 saturated heterocycles. The number of hydrogen-bond donors (Lipinski definition) is 1. The number of fused-ring (bicyclic) bond motifs is 1. The Morgan fingerprint density at radius 1 is 1.09 bits per heavy atom. The summed E-state index contributed by atoms with van der Waals surface area (Å²) in [6.07, 6.45) is 2.94. The maximum Gasteiger partial charge on any atom is 0.154 e. The molecular formula is C17H21N5. The van der Waals surface area contributed by atoms with Crippen LogP contribution in [0.4, 0.5) is 11.5 Å². The van der Waals surface area contributed by atoms with Gasteiger partial charge >= 0.3 is 0 Å². The molecule has 1 aromatic carbocycles. The summed E-state index contributed by atoms with van der Waals surface area (Å²) in [6, 6.07) is 12.4. The van der Waals surface area contributed by atoms with Gasteiger partial charge in [0.25, 0.3) is 0 Å². The maximum absolute atomic E-state index is 4.64. The van der Waals surface area contributed by atoms with Gasteiger partial charge in [-0.3, -0.25) is 0 Å². The van der Waals surface area contributed by atoms with Crippen LogP contribution in [0.2, 0.25) is 0 Å². The van der Waals surface area contributed by atoms with Crippen molar-refractivity contribution in [3.63, 3.8) is 0 Å². The van der Waals surface area contributed by atoms with Gasteiger partial charge in [-0.25, -0.2) is 9.50 Å².